The van der Waals surface area contributed by atoms with E-state index in [9.17, 15) is 19.2 Å². The number of carbonyl (C=O) groups excluding carboxylic acids is 4. The lowest BCUT2D eigenvalue weighted by atomic mass is 9.98. The summed E-state index contributed by atoms with van der Waals surface area (Å²) in [5, 5.41) is 0. The number of nitrogens with zero attached hydrogens (tertiary/aromatic N) is 2. The fourth-order valence-corrected chi connectivity index (χ4v) is 3.81. The summed E-state index contributed by atoms with van der Waals surface area (Å²) in [7, 11) is 1.28. The number of ether oxygens (including phenoxy) is 1. The second kappa shape index (κ2) is 8.34. The Hall–Kier alpha value is -3.48. The summed E-state index contributed by atoms with van der Waals surface area (Å²) in [6.07, 6.45) is -0.105. The van der Waals surface area contributed by atoms with Crippen LogP contribution in [0.3, 0.4) is 0 Å². The van der Waals surface area contributed by atoms with Gasteiger partial charge in [0.2, 0.25) is 5.91 Å². The summed E-state index contributed by atoms with van der Waals surface area (Å²) in [5.74, 6) is -1.66. The molecule has 162 valence electrons. The molecular formula is C24H26N2O5. The minimum Gasteiger partial charge on any atom is -0.465 e. The number of amides is 3. The molecule has 3 amide bonds. The molecule has 0 bridgehead atoms. The first-order valence-electron chi connectivity index (χ1n) is 10.0. The van der Waals surface area contributed by atoms with Crippen LogP contribution >= 0.6 is 0 Å². The number of rotatable bonds is 4. The Morgan fingerprint density at radius 1 is 1.03 bits per heavy atom. The van der Waals surface area contributed by atoms with Crippen molar-refractivity contribution in [3.63, 3.8) is 0 Å². The molecule has 1 fully saturated rings. The van der Waals surface area contributed by atoms with Crippen LogP contribution < -0.4 is 4.90 Å². The summed E-state index contributed by atoms with van der Waals surface area (Å²) in [5.41, 5.74) is 1.27. The van der Waals surface area contributed by atoms with E-state index >= 15 is 0 Å². The van der Waals surface area contributed by atoms with E-state index in [4.69, 9.17) is 0 Å². The lowest BCUT2D eigenvalue weighted by molar-refractivity contribution is -0.123. The largest absolute Gasteiger partial charge is 0.465 e. The second-order valence-electron chi connectivity index (χ2n) is 8.49. The summed E-state index contributed by atoms with van der Waals surface area (Å²) < 4.78 is 4.68. The van der Waals surface area contributed by atoms with E-state index in [1.54, 1.807) is 12.1 Å². The molecule has 7 nitrogen and oxygen atoms in total. The van der Waals surface area contributed by atoms with E-state index < -0.39 is 29.4 Å². The maximum Gasteiger partial charge on any atom is 0.337 e. The van der Waals surface area contributed by atoms with Crippen LogP contribution in [0, 0.1) is 6.92 Å². The third-order valence-corrected chi connectivity index (χ3v) is 5.30. The Balaban J connectivity index is 1.95. The molecule has 0 aliphatic carbocycles. The molecule has 0 radical (unpaired) electrons. The third-order valence-electron chi connectivity index (χ3n) is 5.30. The van der Waals surface area contributed by atoms with E-state index in [-0.39, 0.29) is 12.3 Å². The highest BCUT2D eigenvalue weighted by Crippen LogP contribution is 2.31. The fourth-order valence-electron chi connectivity index (χ4n) is 3.81. The van der Waals surface area contributed by atoms with Gasteiger partial charge in [0, 0.05) is 11.1 Å². The highest BCUT2D eigenvalue weighted by molar-refractivity contribution is 6.23. The zero-order valence-corrected chi connectivity index (χ0v) is 18.3. The predicted molar refractivity (Wildman–Crippen MR) is 116 cm³/mol. The Kier molecular flexibility index (Phi) is 5.97. The molecule has 1 aliphatic heterocycles. The van der Waals surface area contributed by atoms with Gasteiger partial charge in [-0.2, -0.15) is 0 Å². The molecule has 0 aromatic heterocycles. The maximum atomic E-state index is 13.4. The van der Waals surface area contributed by atoms with E-state index in [0.29, 0.717) is 16.8 Å². The molecule has 1 unspecified atom stereocenters. The van der Waals surface area contributed by atoms with Gasteiger partial charge >= 0.3 is 5.97 Å². The Morgan fingerprint density at radius 3 is 2.19 bits per heavy atom. The van der Waals surface area contributed by atoms with Gasteiger partial charge in [-0.15, -0.1) is 0 Å². The molecule has 31 heavy (non-hydrogen) atoms. The van der Waals surface area contributed by atoms with Crippen LogP contribution in [0.5, 0.6) is 0 Å². The van der Waals surface area contributed by atoms with Crippen LogP contribution in [0.15, 0.2) is 48.5 Å². The van der Waals surface area contributed by atoms with Crippen molar-refractivity contribution in [3.05, 3.63) is 65.2 Å². The Bertz CT molecular complexity index is 1040. The van der Waals surface area contributed by atoms with Gasteiger partial charge in [0.25, 0.3) is 11.8 Å². The summed E-state index contributed by atoms with van der Waals surface area (Å²) in [4.78, 5) is 53.8. The summed E-state index contributed by atoms with van der Waals surface area (Å²) >= 11 is 0. The van der Waals surface area contributed by atoms with Crippen molar-refractivity contribution < 1.29 is 23.9 Å². The lowest BCUT2D eigenvalue weighted by Gasteiger charge is -2.39. The number of hydrogen-bond donors (Lipinski definition) is 0. The normalized spacial score (nSPS) is 16.4. The van der Waals surface area contributed by atoms with E-state index in [1.807, 2.05) is 39.8 Å². The van der Waals surface area contributed by atoms with Crippen molar-refractivity contribution in [2.24, 2.45) is 0 Å². The first-order valence-corrected chi connectivity index (χ1v) is 10.0. The Labute approximate surface area is 181 Å². The van der Waals surface area contributed by atoms with Crippen LogP contribution in [-0.4, -0.2) is 47.3 Å². The second-order valence-corrected chi connectivity index (χ2v) is 8.49. The number of carbonyl (C=O) groups is 4. The van der Waals surface area contributed by atoms with Crippen LogP contribution in [0.25, 0.3) is 0 Å². The minimum atomic E-state index is -0.917. The van der Waals surface area contributed by atoms with Gasteiger partial charge in [0.05, 0.1) is 24.8 Å². The molecule has 1 atom stereocenters. The van der Waals surface area contributed by atoms with Gasteiger partial charge in [-0.05, 0) is 63.6 Å². The van der Waals surface area contributed by atoms with Crippen LogP contribution in [0.2, 0.25) is 0 Å². The van der Waals surface area contributed by atoms with Gasteiger partial charge in [-0.25, -0.2) is 9.69 Å². The SMILES string of the molecule is COC(=O)c1ccc(N2C(=O)CC(N(C(=O)c3ccccc3C)C(C)(C)C)C2=O)cc1. The van der Waals surface area contributed by atoms with E-state index in [2.05, 4.69) is 4.74 Å². The van der Waals surface area contributed by atoms with Crippen molar-refractivity contribution in [2.45, 2.75) is 45.7 Å². The fraction of sp³-hybridized carbons (Fsp3) is 0.333. The molecule has 1 heterocycles. The molecule has 1 saturated heterocycles. The van der Waals surface area contributed by atoms with Crippen molar-refractivity contribution in [1.29, 1.82) is 0 Å². The minimum absolute atomic E-state index is 0.105. The van der Waals surface area contributed by atoms with E-state index in [0.717, 1.165) is 10.5 Å². The summed E-state index contributed by atoms with van der Waals surface area (Å²) in [6, 6.07) is 12.3. The molecule has 2 aromatic rings. The molecule has 0 spiro atoms. The van der Waals surface area contributed by atoms with Gasteiger partial charge < -0.3 is 9.64 Å². The number of aryl methyl sites for hydroxylation is 1. The zero-order chi connectivity index (χ0) is 22.9. The van der Waals surface area contributed by atoms with Crippen molar-refractivity contribution >= 4 is 29.4 Å². The van der Waals surface area contributed by atoms with Crippen LogP contribution in [0.1, 0.15) is 53.5 Å². The molecule has 0 N–H and O–H groups in total. The molecule has 2 aromatic carbocycles. The number of methoxy groups -OCH3 is 1. The third kappa shape index (κ3) is 4.21. The molecule has 1 aliphatic rings. The number of imide groups is 1. The standard InChI is InChI=1S/C24H26N2O5/c1-15-8-6-7-9-18(15)21(28)26(24(2,3)4)19-14-20(27)25(22(19)29)17-12-10-16(11-13-17)23(30)31-5/h6-13,19H,14H2,1-5H3. The van der Waals surface area contributed by atoms with Crippen molar-refractivity contribution in [1.82, 2.24) is 4.90 Å². The first kappa shape index (κ1) is 22.2. The van der Waals surface area contributed by atoms with Gasteiger partial charge in [-0.3, -0.25) is 14.4 Å². The average molecular weight is 422 g/mol. The zero-order valence-electron chi connectivity index (χ0n) is 18.3. The quantitative estimate of drug-likeness (QED) is 0.557. The predicted octanol–water partition coefficient (Wildman–Crippen LogP) is 3.35. The summed E-state index contributed by atoms with van der Waals surface area (Å²) in [6.45, 7) is 7.36. The number of hydrogen-bond acceptors (Lipinski definition) is 5. The topological polar surface area (TPSA) is 84.0 Å². The Morgan fingerprint density at radius 2 is 1.65 bits per heavy atom. The van der Waals surface area contributed by atoms with Crippen LogP contribution in [0.4, 0.5) is 5.69 Å². The molecule has 3 rings (SSSR count). The highest BCUT2D eigenvalue weighted by atomic mass is 16.5. The molecule has 7 heteroatoms. The molecular weight excluding hydrogens is 396 g/mol. The van der Waals surface area contributed by atoms with Gasteiger partial charge in [0.15, 0.2) is 0 Å². The lowest BCUT2D eigenvalue weighted by Crippen LogP contribution is -2.54. The number of anilines is 1. The van der Waals surface area contributed by atoms with Gasteiger partial charge in [-0.1, -0.05) is 18.2 Å². The van der Waals surface area contributed by atoms with Crippen molar-refractivity contribution in [3.8, 4) is 0 Å². The van der Waals surface area contributed by atoms with Crippen LogP contribution in [-0.2, 0) is 14.3 Å². The number of esters is 1. The molecule has 0 saturated carbocycles. The smallest absolute Gasteiger partial charge is 0.337 e. The average Bonchev–Trinajstić information content (AvgIpc) is 3.00. The monoisotopic (exact) mass is 422 g/mol. The highest BCUT2D eigenvalue weighted by Gasteiger charge is 2.47. The first-order chi connectivity index (χ1) is 14.6. The maximum absolute atomic E-state index is 13.4. The van der Waals surface area contributed by atoms with Gasteiger partial charge in [0.1, 0.15) is 6.04 Å². The number of benzene rings is 2. The van der Waals surface area contributed by atoms with Crippen molar-refractivity contribution in [2.75, 3.05) is 12.0 Å². The van der Waals surface area contributed by atoms with E-state index in [1.165, 1.54) is 36.3 Å².